The van der Waals surface area contributed by atoms with E-state index in [1.807, 2.05) is 6.07 Å². The lowest BCUT2D eigenvalue weighted by molar-refractivity contribution is 0.245. The fourth-order valence-electron chi connectivity index (χ4n) is 3.60. The molecule has 1 saturated heterocycles. The monoisotopic (exact) mass is 510 g/mol. The Morgan fingerprint density at radius 1 is 1.21 bits per heavy atom. The summed E-state index contributed by atoms with van der Waals surface area (Å²) in [7, 11) is 3.38. The summed E-state index contributed by atoms with van der Waals surface area (Å²) in [6, 6.07) is 16.3. The molecule has 1 aliphatic rings. The molecule has 29 heavy (non-hydrogen) atoms. The summed E-state index contributed by atoms with van der Waals surface area (Å²) < 4.78 is 5.23. The van der Waals surface area contributed by atoms with E-state index in [-0.39, 0.29) is 29.7 Å². The molecule has 1 atom stereocenters. The molecule has 1 fully saturated rings. The minimum absolute atomic E-state index is 0. The number of hydrogen-bond acceptors (Lipinski definition) is 4. The van der Waals surface area contributed by atoms with Crippen molar-refractivity contribution >= 4 is 29.9 Å². The number of phenols is 1. The molecule has 0 saturated carbocycles. The maximum atomic E-state index is 10.0. The first kappa shape index (κ1) is 23.3. The number of rotatable bonds is 7. The molecule has 1 heterocycles. The number of likely N-dealkylation sites (tertiary alicyclic amines) is 1. The van der Waals surface area contributed by atoms with Gasteiger partial charge in [0.05, 0.1) is 7.11 Å². The highest BCUT2D eigenvalue weighted by molar-refractivity contribution is 14.0. The molecular formula is C22H31IN4O2. The normalized spacial score (nSPS) is 16.9. The van der Waals surface area contributed by atoms with Crippen LogP contribution in [0.4, 0.5) is 0 Å². The molecule has 6 nitrogen and oxygen atoms in total. The number of methoxy groups -OCH3 is 1. The lowest BCUT2D eigenvalue weighted by atomic mass is 10.2. The summed E-state index contributed by atoms with van der Waals surface area (Å²) in [5.41, 5.74) is 2.12. The minimum atomic E-state index is 0. The number of nitrogens with zero attached hydrogens (tertiary/aromatic N) is 2. The zero-order valence-electron chi connectivity index (χ0n) is 17.1. The number of aromatic hydroxyl groups is 1. The van der Waals surface area contributed by atoms with Crippen molar-refractivity contribution in [3.63, 3.8) is 0 Å². The lowest BCUT2D eigenvalue weighted by Crippen LogP contribution is -2.44. The van der Waals surface area contributed by atoms with Crippen LogP contribution in [0.25, 0.3) is 0 Å². The van der Waals surface area contributed by atoms with Gasteiger partial charge in [-0.05, 0) is 43.1 Å². The van der Waals surface area contributed by atoms with Crippen molar-refractivity contribution in [2.45, 2.75) is 32.0 Å². The molecule has 3 rings (SSSR count). The third-order valence-corrected chi connectivity index (χ3v) is 5.19. The van der Waals surface area contributed by atoms with E-state index < -0.39 is 0 Å². The van der Waals surface area contributed by atoms with Gasteiger partial charge >= 0.3 is 0 Å². The van der Waals surface area contributed by atoms with Gasteiger partial charge in [-0.3, -0.25) is 9.89 Å². The van der Waals surface area contributed by atoms with E-state index in [1.165, 1.54) is 18.4 Å². The third-order valence-electron chi connectivity index (χ3n) is 5.19. The van der Waals surface area contributed by atoms with E-state index in [2.05, 4.69) is 50.9 Å². The highest BCUT2D eigenvalue weighted by atomic mass is 127. The van der Waals surface area contributed by atoms with Crippen LogP contribution in [-0.4, -0.2) is 49.3 Å². The van der Waals surface area contributed by atoms with Gasteiger partial charge in [-0.2, -0.15) is 0 Å². The van der Waals surface area contributed by atoms with Crippen LogP contribution in [-0.2, 0) is 13.1 Å². The van der Waals surface area contributed by atoms with Crippen LogP contribution < -0.4 is 15.4 Å². The summed E-state index contributed by atoms with van der Waals surface area (Å²) in [5.74, 6) is 1.70. The van der Waals surface area contributed by atoms with Gasteiger partial charge in [-0.1, -0.05) is 30.3 Å². The molecule has 2 aromatic rings. The number of guanidine groups is 1. The number of phenolic OH excluding ortho intramolecular Hbond substituents is 1. The first-order valence-electron chi connectivity index (χ1n) is 9.78. The van der Waals surface area contributed by atoms with Crippen LogP contribution in [0, 0.1) is 0 Å². The minimum Gasteiger partial charge on any atom is -0.508 e. The van der Waals surface area contributed by atoms with Gasteiger partial charge < -0.3 is 20.5 Å². The number of ether oxygens (including phenoxy) is 1. The van der Waals surface area contributed by atoms with E-state index in [4.69, 9.17) is 4.74 Å². The standard InChI is InChI=1S/C22H30N4O2.HI/c1-23-22(24-14-18-13-20(28-2)10-11-21(18)27)25-15-19-9-6-12-26(19)16-17-7-4-3-5-8-17;/h3-5,7-8,10-11,13,19,27H,6,9,12,14-16H2,1-2H3,(H2,23,24,25);1H. The summed E-state index contributed by atoms with van der Waals surface area (Å²) >= 11 is 0. The molecule has 0 amide bonds. The van der Waals surface area contributed by atoms with E-state index in [9.17, 15) is 5.11 Å². The van der Waals surface area contributed by atoms with Crippen molar-refractivity contribution in [3.8, 4) is 11.5 Å². The van der Waals surface area contributed by atoms with Crippen molar-refractivity contribution in [1.82, 2.24) is 15.5 Å². The second-order valence-electron chi connectivity index (χ2n) is 7.05. The zero-order valence-corrected chi connectivity index (χ0v) is 19.4. The number of nitrogens with one attached hydrogen (secondary N) is 2. The smallest absolute Gasteiger partial charge is 0.191 e. The Labute approximate surface area is 190 Å². The van der Waals surface area contributed by atoms with Crippen molar-refractivity contribution < 1.29 is 9.84 Å². The third kappa shape index (κ3) is 6.78. The van der Waals surface area contributed by atoms with Crippen LogP contribution in [0.5, 0.6) is 11.5 Å². The molecule has 0 spiro atoms. The maximum Gasteiger partial charge on any atom is 0.191 e. The van der Waals surface area contributed by atoms with Crippen LogP contribution >= 0.6 is 24.0 Å². The lowest BCUT2D eigenvalue weighted by Gasteiger charge is -2.25. The van der Waals surface area contributed by atoms with Crippen LogP contribution in [0.2, 0.25) is 0 Å². The fourth-order valence-corrected chi connectivity index (χ4v) is 3.60. The Bertz CT molecular complexity index is 786. The molecule has 7 heteroatoms. The van der Waals surface area contributed by atoms with Crippen molar-refractivity contribution in [1.29, 1.82) is 0 Å². The highest BCUT2D eigenvalue weighted by Crippen LogP contribution is 2.22. The van der Waals surface area contributed by atoms with Crippen LogP contribution in [0.1, 0.15) is 24.0 Å². The first-order valence-corrected chi connectivity index (χ1v) is 9.78. The number of benzene rings is 2. The Morgan fingerprint density at radius 3 is 2.72 bits per heavy atom. The average molecular weight is 510 g/mol. The predicted molar refractivity (Wildman–Crippen MR) is 128 cm³/mol. The van der Waals surface area contributed by atoms with Gasteiger partial charge in [0, 0.05) is 38.3 Å². The SMILES string of the molecule is CN=C(NCc1cc(OC)ccc1O)NCC1CCCN1Cc1ccccc1.I. The Morgan fingerprint density at radius 2 is 2.00 bits per heavy atom. The second kappa shape index (κ2) is 11.9. The van der Waals surface area contributed by atoms with E-state index in [0.29, 0.717) is 12.6 Å². The maximum absolute atomic E-state index is 10.0. The Hall–Kier alpha value is -2.00. The summed E-state index contributed by atoms with van der Waals surface area (Å²) in [4.78, 5) is 6.84. The summed E-state index contributed by atoms with van der Waals surface area (Å²) in [6.45, 7) is 3.43. The van der Waals surface area contributed by atoms with Gasteiger partial charge in [-0.25, -0.2) is 0 Å². The topological polar surface area (TPSA) is 69.1 Å². The van der Waals surface area contributed by atoms with Crippen LogP contribution in [0.15, 0.2) is 53.5 Å². The molecule has 1 unspecified atom stereocenters. The molecule has 1 aliphatic heterocycles. The van der Waals surface area contributed by atoms with Crippen molar-refractivity contribution in [2.75, 3.05) is 27.2 Å². The molecule has 0 bridgehead atoms. The summed E-state index contributed by atoms with van der Waals surface area (Å²) in [5, 5.41) is 16.7. The largest absolute Gasteiger partial charge is 0.508 e. The Balaban J connectivity index is 0.00000300. The van der Waals surface area contributed by atoms with Gasteiger partial charge in [0.1, 0.15) is 11.5 Å². The van der Waals surface area contributed by atoms with Crippen molar-refractivity contribution in [2.24, 2.45) is 4.99 Å². The van der Waals surface area contributed by atoms with E-state index in [1.54, 1.807) is 26.3 Å². The van der Waals surface area contributed by atoms with Gasteiger partial charge in [-0.15, -0.1) is 24.0 Å². The molecule has 2 aromatic carbocycles. The fraction of sp³-hybridized carbons (Fsp3) is 0.409. The van der Waals surface area contributed by atoms with E-state index in [0.717, 1.165) is 36.9 Å². The van der Waals surface area contributed by atoms with Crippen LogP contribution in [0.3, 0.4) is 0 Å². The zero-order chi connectivity index (χ0) is 19.8. The number of aliphatic imine (C=N–C) groups is 1. The predicted octanol–water partition coefficient (Wildman–Crippen LogP) is 3.35. The second-order valence-corrected chi connectivity index (χ2v) is 7.05. The molecule has 0 aliphatic carbocycles. The molecular weight excluding hydrogens is 479 g/mol. The highest BCUT2D eigenvalue weighted by Gasteiger charge is 2.24. The number of hydrogen-bond donors (Lipinski definition) is 3. The van der Waals surface area contributed by atoms with Gasteiger partial charge in [0.2, 0.25) is 0 Å². The van der Waals surface area contributed by atoms with Crippen molar-refractivity contribution in [3.05, 3.63) is 59.7 Å². The van der Waals surface area contributed by atoms with Gasteiger partial charge in [0.25, 0.3) is 0 Å². The molecule has 158 valence electrons. The van der Waals surface area contributed by atoms with Gasteiger partial charge in [0.15, 0.2) is 5.96 Å². The summed E-state index contributed by atoms with van der Waals surface area (Å²) in [6.07, 6.45) is 2.41. The molecule has 0 aromatic heterocycles. The molecule has 0 radical (unpaired) electrons. The number of halogens is 1. The quantitative estimate of drug-likeness (QED) is 0.303. The molecule has 3 N–H and O–H groups in total. The van der Waals surface area contributed by atoms with E-state index >= 15 is 0 Å². The Kier molecular flexibility index (Phi) is 9.53. The average Bonchev–Trinajstić information content (AvgIpc) is 3.17. The first-order chi connectivity index (χ1) is 13.7.